The fourth-order valence-electron chi connectivity index (χ4n) is 3.09. The van der Waals surface area contributed by atoms with Gasteiger partial charge < -0.3 is 15.0 Å². The number of nitrogens with one attached hydrogen (secondary N) is 1. The molecule has 0 aliphatic carbocycles. The third-order valence-corrected chi connectivity index (χ3v) is 5.56. The molecule has 2 heterocycles. The number of piperidine rings is 1. The van der Waals surface area contributed by atoms with E-state index in [1.165, 1.54) is 18.4 Å². The molecular weight excluding hydrogens is 350 g/mol. The van der Waals surface area contributed by atoms with Crippen LogP contribution in [0, 0.1) is 0 Å². The molecule has 6 nitrogen and oxygen atoms in total. The Morgan fingerprint density at radius 2 is 1.96 bits per heavy atom. The van der Waals surface area contributed by atoms with Gasteiger partial charge in [-0.05, 0) is 18.4 Å². The van der Waals surface area contributed by atoms with Crippen molar-refractivity contribution in [3.63, 3.8) is 0 Å². The monoisotopic (exact) mass is 373 g/mol. The Hall–Kier alpha value is -2.41. The molecule has 1 aliphatic heterocycles. The van der Waals surface area contributed by atoms with Crippen LogP contribution in [0.4, 0.5) is 5.13 Å². The number of ether oxygens (including phenoxy) is 1. The zero-order valence-corrected chi connectivity index (χ0v) is 15.8. The molecule has 1 aromatic carbocycles. The first kappa shape index (κ1) is 18.4. The van der Waals surface area contributed by atoms with Crippen LogP contribution in [0.5, 0.6) is 0 Å². The predicted octanol–water partition coefficient (Wildman–Crippen LogP) is 2.94. The van der Waals surface area contributed by atoms with Gasteiger partial charge in [0.15, 0.2) is 5.13 Å². The smallest absolute Gasteiger partial charge is 0.350 e. The number of thiazole rings is 1. The van der Waals surface area contributed by atoms with E-state index in [0.717, 1.165) is 42.3 Å². The minimum Gasteiger partial charge on any atom is -0.465 e. The largest absolute Gasteiger partial charge is 0.465 e. The van der Waals surface area contributed by atoms with E-state index >= 15 is 0 Å². The highest BCUT2D eigenvalue weighted by atomic mass is 32.1. The van der Waals surface area contributed by atoms with Crippen LogP contribution >= 0.6 is 11.3 Å². The summed E-state index contributed by atoms with van der Waals surface area (Å²) in [6.45, 7) is 3.10. The van der Waals surface area contributed by atoms with Gasteiger partial charge in [0, 0.05) is 32.5 Å². The molecule has 0 bridgehead atoms. The first-order valence-corrected chi connectivity index (χ1v) is 9.52. The highest BCUT2D eigenvalue weighted by Gasteiger charge is 2.24. The lowest BCUT2D eigenvalue weighted by molar-refractivity contribution is -0.129. The van der Waals surface area contributed by atoms with Crippen molar-refractivity contribution in [3.8, 4) is 0 Å². The number of benzene rings is 1. The summed E-state index contributed by atoms with van der Waals surface area (Å²) in [5.74, 6) is -0.233. The number of nitrogens with zero attached hydrogens (tertiary/aromatic N) is 2. The van der Waals surface area contributed by atoms with Gasteiger partial charge in [-0.1, -0.05) is 41.7 Å². The molecule has 1 aliphatic rings. The summed E-state index contributed by atoms with van der Waals surface area (Å²) >= 11 is 1.33. The number of anilines is 1. The van der Waals surface area contributed by atoms with Gasteiger partial charge in [-0.15, -0.1) is 0 Å². The number of aromatic nitrogens is 1. The number of rotatable bonds is 5. The molecule has 0 saturated carbocycles. The van der Waals surface area contributed by atoms with Crippen molar-refractivity contribution in [2.75, 3.05) is 25.5 Å². The van der Waals surface area contributed by atoms with Crippen LogP contribution < -0.4 is 5.32 Å². The van der Waals surface area contributed by atoms with Gasteiger partial charge in [-0.25, -0.2) is 9.78 Å². The quantitative estimate of drug-likeness (QED) is 0.816. The van der Waals surface area contributed by atoms with E-state index in [2.05, 4.69) is 10.3 Å². The fraction of sp³-hybridized carbons (Fsp3) is 0.421. The van der Waals surface area contributed by atoms with Crippen LogP contribution in [0.25, 0.3) is 0 Å². The summed E-state index contributed by atoms with van der Waals surface area (Å²) in [5, 5.41) is 4.16. The molecule has 3 rings (SSSR count). The lowest BCUT2D eigenvalue weighted by Gasteiger charge is -2.31. The lowest BCUT2D eigenvalue weighted by Crippen LogP contribution is -2.41. The summed E-state index contributed by atoms with van der Waals surface area (Å²) in [7, 11) is 1.39. The van der Waals surface area contributed by atoms with Gasteiger partial charge in [0.1, 0.15) is 4.88 Å². The average molecular weight is 373 g/mol. The van der Waals surface area contributed by atoms with Crippen molar-refractivity contribution in [2.24, 2.45) is 0 Å². The SMILES string of the molecule is COC(=O)c1sc(NC2CCN(C(C)=O)CC2)nc1Cc1ccccc1. The molecule has 1 amide bonds. The molecule has 2 aromatic rings. The van der Waals surface area contributed by atoms with Crippen molar-refractivity contribution < 1.29 is 14.3 Å². The Bertz CT molecular complexity index is 768. The first-order valence-electron chi connectivity index (χ1n) is 8.71. The topological polar surface area (TPSA) is 71.5 Å². The standard InChI is InChI=1S/C19H23N3O3S/c1-13(23)22-10-8-15(9-11-22)20-19-21-16(17(26-19)18(24)25-2)12-14-6-4-3-5-7-14/h3-7,15H,8-12H2,1-2H3,(H,20,21). The van der Waals surface area contributed by atoms with E-state index in [1.54, 1.807) is 6.92 Å². The number of esters is 1. The lowest BCUT2D eigenvalue weighted by atomic mass is 10.1. The third-order valence-electron chi connectivity index (χ3n) is 4.55. The molecule has 26 heavy (non-hydrogen) atoms. The average Bonchev–Trinajstić information content (AvgIpc) is 3.04. The number of carbonyl (C=O) groups excluding carboxylic acids is 2. The van der Waals surface area contributed by atoms with Crippen molar-refractivity contribution in [2.45, 2.75) is 32.2 Å². The van der Waals surface area contributed by atoms with Crippen LogP contribution in [0.3, 0.4) is 0 Å². The van der Waals surface area contributed by atoms with Crippen LogP contribution in [-0.2, 0) is 16.0 Å². The molecule has 1 fully saturated rings. The number of hydrogen-bond acceptors (Lipinski definition) is 6. The second-order valence-electron chi connectivity index (χ2n) is 6.37. The third kappa shape index (κ3) is 4.40. The highest BCUT2D eigenvalue weighted by molar-refractivity contribution is 7.17. The fourth-order valence-corrected chi connectivity index (χ4v) is 4.07. The molecule has 1 aromatic heterocycles. The molecule has 1 N–H and O–H groups in total. The Labute approximate surface area is 157 Å². The molecule has 138 valence electrons. The Morgan fingerprint density at radius 3 is 2.58 bits per heavy atom. The van der Waals surface area contributed by atoms with E-state index in [1.807, 2.05) is 35.2 Å². The van der Waals surface area contributed by atoms with E-state index in [-0.39, 0.29) is 17.9 Å². The maximum atomic E-state index is 12.1. The maximum absolute atomic E-state index is 12.1. The Balaban J connectivity index is 1.72. The van der Waals surface area contributed by atoms with E-state index in [0.29, 0.717) is 11.3 Å². The molecule has 0 atom stereocenters. The number of amides is 1. The van der Waals surface area contributed by atoms with Crippen LogP contribution in [0.15, 0.2) is 30.3 Å². The number of hydrogen-bond donors (Lipinski definition) is 1. The van der Waals surface area contributed by atoms with E-state index in [4.69, 9.17) is 4.74 Å². The molecule has 0 unspecified atom stereocenters. The minimum atomic E-state index is -0.354. The van der Waals surface area contributed by atoms with E-state index < -0.39 is 0 Å². The zero-order chi connectivity index (χ0) is 18.5. The summed E-state index contributed by atoms with van der Waals surface area (Å²) in [4.78, 5) is 30.6. The number of likely N-dealkylation sites (tertiary alicyclic amines) is 1. The predicted molar refractivity (Wildman–Crippen MR) is 102 cm³/mol. The normalized spacial score (nSPS) is 14.9. The van der Waals surface area contributed by atoms with Crippen molar-refractivity contribution in [1.29, 1.82) is 0 Å². The molecule has 1 saturated heterocycles. The second-order valence-corrected chi connectivity index (χ2v) is 7.37. The van der Waals surface area contributed by atoms with Crippen molar-refractivity contribution >= 4 is 28.3 Å². The molecule has 7 heteroatoms. The van der Waals surface area contributed by atoms with Gasteiger partial charge in [0.05, 0.1) is 12.8 Å². The maximum Gasteiger partial charge on any atom is 0.350 e. The highest BCUT2D eigenvalue weighted by Crippen LogP contribution is 2.28. The summed E-state index contributed by atoms with van der Waals surface area (Å²) in [6.07, 6.45) is 2.34. The van der Waals surface area contributed by atoms with Crippen LogP contribution in [-0.4, -0.2) is 48.0 Å². The zero-order valence-electron chi connectivity index (χ0n) is 15.0. The van der Waals surface area contributed by atoms with Crippen molar-refractivity contribution in [3.05, 3.63) is 46.5 Å². The second kappa shape index (κ2) is 8.31. The van der Waals surface area contributed by atoms with E-state index in [9.17, 15) is 9.59 Å². The van der Waals surface area contributed by atoms with Gasteiger partial charge in [0.25, 0.3) is 0 Å². The summed E-state index contributed by atoms with van der Waals surface area (Å²) in [6, 6.07) is 10.2. The van der Waals surface area contributed by atoms with Crippen molar-refractivity contribution in [1.82, 2.24) is 9.88 Å². The molecular formula is C19H23N3O3S. The van der Waals surface area contributed by atoms with Crippen LogP contribution in [0.1, 0.15) is 40.7 Å². The molecule has 0 spiro atoms. The van der Waals surface area contributed by atoms with Gasteiger partial charge >= 0.3 is 5.97 Å². The van der Waals surface area contributed by atoms with Crippen LogP contribution in [0.2, 0.25) is 0 Å². The first-order chi connectivity index (χ1) is 12.6. The number of carbonyl (C=O) groups is 2. The molecule has 0 radical (unpaired) electrons. The van der Waals surface area contributed by atoms with Gasteiger partial charge in [-0.2, -0.15) is 0 Å². The summed E-state index contributed by atoms with van der Waals surface area (Å²) in [5.41, 5.74) is 1.83. The Morgan fingerprint density at radius 1 is 1.27 bits per heavy atom. The Kier molecular flexibility index (Phi) is 5.88. The van der Waals surface area contributed by atoms with Gasteiger partial charge in [0.2, 0.25) is 5.91 Å². The number of methoxy groups -OCH3 is 1. The minimum absolute atomic E-state index is 0.121. The van der Waals surface area contributed by atoms with Gasteiger partial charge in [-0.3, -0.25) is 4.79 Å². The summed E-state index contributed by atoms with van der Waals surface area (Å²) < 4.78 is 4.92.